The minimum Gasteiger partial charge on any atom is -0.354 e. The maximum atomic E-state index is 12.6. The predicted molar refractivity (Wildman–Crippen MR) is 115 cm³/mol. The highest BCUT2D eigenvalue weighted by Crippen LogP contribution is 2.33. The molecule has 1 aliphatic heterocycles. The number of piperidine rings is 1. The average Bonchev–Trinajstić information content (AvgIpc) is 3.55. The third-order valence-electron chi connectivity index (χ3n) is 6.39. The van der Waals surface area contributed by atoms with E-state index < -0.39 is 0 Å². The molecular weight excluding hydrogens is 378 g/mol. The Morgan fingerprint density at radius 1 is 1.20 bits per heavy atom. The number of hydrogen-bond donors (Lipinski definition) is 2. The largest absolute Gasteiger partial charge is 0.354 e. The number of amides is 1. The second-order valence-electron chi connectivity index (χ2n) is 8.53. The molecule has 1 aliphatic carbocycles. The van der Waals surface area contributed by atoms with E-state index in [2.05, 4.69) is 37.3 Å². The van der Waals surface area contributed by atoms with Gasteiger partial charge >= 0.3 is 0 Å². The van der Waals surface area contributed by atoms with Crippen molar-refractivity contribution in [1.82, 2.24) is 24.8 Å². The van der Waals surface area contributed by atoms with Crippen molar-refractivity contribution in [3.8, 4) is 0 Å². The molecule has 3 heterocycles. The van der Waals surface area contributed by atoms with E-state index in [1.807, 2.05) is 25.2 Å². The number of nitrogens with two attached hydrogens (primary N) is 1. The first-order valence-corrected chi connectivity index (χ1v) is 10.6. The molecule has 1 saturated carbocycles. The van der Waals surface area contributed by atoms with E-state index in [4.69, 9.17) is 5.73 Å². The summed E-state index contributed by atoms with van der Waals surface area (Å²) < 4.78 is 1.75. The van der Waals surface area contributed by atoms with Gasteiger partial charge in [-0.2, -0.15) is 0 Å². The Labute approximate surface area is 175 Å². The standard InChI is InChI=1S/C22H27N7O/c1-28-18-17(27-20(28)21(30)24-13-15-7-8-15)19(26-14-25-18)29-11-9-22(23,10-12-29)16-5-3-2-4-6-16/h2-6,14-15H,7-13,23H2,1H3,(H,24,30). The average molecular weight is 406 g/mol. The molecule has 0 radical (unpaired) electrons. The second-order valence-corrected chi connectivity index (χ2v) is 8.53. The van der Waals surface area contributed by atoms with Gasteiger partial charge in [-0.1, -0.05) is 30.3 Å². The molecule has 0 bridgehead atoms. The molecule has 8 nitrogen and oxygen atoms in total. The van der Waals surface area contributed by atoms with Gasteiger partial charge in [0.2, 0.25) is 5.82 Å². The number of nitrogens with zero attached hydrogens (tertiary/aromatic N) is 5. The summed E-state index contributed by atoms with van der Waals surface area (Å²) in [6.45, 7) is 2.26. The van der Waals surface area contributed by atoms with Crippen LogP contribution in [0.3, 0.4) is 0 Å². The van der Waals surface area contributed by atoms with Crippen molar-refractivity contribution in [2.45, 2.75) is 31.2 Å². The summed E-state index contributed by atoms with van der Waals surface area (Å²) in [6, 6.07) is 10.3. The van der Waals surface area contributed by atoms with Gasteiger partial charge in [0.05, 0.1) is 0 Å². The van der Waals surface area contributed by atoms with E-state index >= 15 is 0 Å². The summed E-state index contributed by atoms with van der Waals surface area (Å²) in [6.07, 6.45) is 5.58. The first-order valence-electron chi connectivity index (χ1n) is 10.6. The van der Waals surface area contributed by atoms with E-state index in [-0.39, 0.29) is 11.4 Å². The smallest absolute Gasteiger partial charge is 0.287 e. The molecule has 156 valence electrons. The number of anilines is 1. The normalized spacial score (nSPS) is 18.5. The SMILES string of the molecule is Cn1c(C(=O)NCC2CC2)nc2c(N3CCC(N)(c4ccccc4)CC3)ncnc21. The van der Waals surface area contributed by atoms with Crippen LogP contribution in [0.1, 0.15) is 41.9 Å². The lowest BCUT2D eigenvalue weighted by atomic mass is 9.82. The van der Waals surface area contributed by atoms with Crippen LogP contribution >= 0.6 is 0 Å². The van der Waals surface area contributed by atoms with E-state index in [0.717, 1.165) is 31.7 Å². The molecule has 1 saturated heterocycles. The van der Waals surface area contributed by atoms with Crippen molar-refractivity contribution in [1.29, 1.82) is 0 Å². The van der Waals surface area contributed by atoms with Gasteiger partial charge in [-0.05, 0) is 37.2 Å². The van der Waals surface area contributed by atoms with Crippen LogP contribution in [-0.2, 0) is 12.6 Å². The van der Waals surface area contributed by atoms with Crippen molar-refractivity contribution in [3.05, 3.63) is 48.0 Å². The Hall–Kier alpha value is -3.00. The zero-order valence-electron chi connectivity index (χ0n) is 17.2. The first kappa shape index (κ1) is 19.0. The van der Waals surface area contributed by atoms with Crippen LogP contribution < -0.4 is 16.0 Å². The minimum absolute atomic E-state index is 0.156. The van der Waals surface area contributed by atoms with Crippen LogP contribution in [0, 0.1) is 5.92 Å². The van der Waals surface area contributed by atoms with E-state index in [1.54, 1.807) is 10.9 Å². The molecule has 2 aliphatic rings. The number of fused-ring (bicyclic) bond motifs is 1. The fourth-order valence-electron chi connectivity index (χ4n) is 4.24. The molecule has 5 rings (SSSR count). The number of hydrogen-bond acceptors (Lipinski definition) is 6. The van der Waals surface area contributed by atoms with Crippen molar-refractivity contribution in [3.63, 3.8) is 0 Å². The number of carbonyl (C=O) groups excluding carboxylic acids is 1. The van der Waals surface area contributed by atoms with Crippen LogP contribution in [0.25, 0.3) is 11.2 Å². The number of nitrogens with one attached hydrogen (secondary N) is 1. The Morgan fingerprint density at radius 2 is 1.93 bits per heavy atom. The van der Waals surface area contributed by atoms with Gasteiger partial charge in [-0.15, -0.1) is 0 Å². The molecule has 1 aromatic carbocycles. The zero-order chi connectivity index (χ0) is 20.7. The summed E-state index contributed by atoms with van der Waals surface area (Å²) in [5.74, 6) is 1.61. The number of aromatic nitrogens is 4. The number of benzene rings is 1. The molecule has 3 N–H and O–H groups in total. The highest BCUT2D eigenvalue weighted by atomic mass is 16.2. The Bertz CT molecular complexity index is 1070. The highest BCUT2D eigenvalue weighted by molar-refractivity contribution is 5.96. The maximum Gasteiger partial charge on any atom is 0.287 e. The van der Waals surface area contributed by atoms with Gasteiger partial charge in [0.25, 0.3) is 5.91 Å². The fraction of sp³-hybridized carbons (Fsp3) is 0.455. The fourth-order valence-corrected chi connectivity index (χ4v) is 4.24. The number of rotatable bonds is 5. The highest BCUT2D eigenvalue weighted by Gasteiger charge is 2.34. The van der Waals surface area contributed by atoms with Crippen molar-refractivity contribution in [2.24, 2.45) is 18.7 Å². The van der Waals surface area contributed by atoms with Crippen molar-refractivity contribution in [2.75, 3.05) is 24.5 Å². The summed E-state index contributed by atoms with van der Waals surface area (Å²) in [4.78, 5) is 28.4. The number of aryl methyl sites for hydroxylation is 1. The van der Waals surface area contributed by atoms with Gasteiger partial charge in [0.1, 0.15) is 6.33 Å². The topological polar surface area (TPSA) is 102 Å². The third kappa shape index (κ3) is 3.41. The van der Waals surface area contributed by atoms with Gasteiger partial charge in [-0.25, -0.2) is 15.0 Å². The van der Waals surface area contributed by atoms with Crippen LogP contribution in [-0.4, -0.2) is 45.1 Å². The Morgan fingerprint density at radius 3 is 2.63 bits per heavy atom. The summed E-state index contributed by atoms with van der Waals surface area (Å²) in [7, 11) is 1.83. The molecule has 0 unspecified atom stereocenters. The van der Waals surface area contributed by atoms with E-state index in [0.29, 0.717) is 29.5 Å². The second kappa shape index (κ2) is 7.36. The van der Waals surface area contributed by atoms with Crippen LogP contribution in [0.2, 0.25) is 0 Å². The Balaban J connectivity index is 1.38. The lowest BCUT2D eigenvalue weighted by Crippen LogP contribution is -2.48. The molecule has 8 heteroatoms. The lowest BCUT2D eigenvalue weighted by molar-refractivity contribution is 0.0939. The lowest BCUT2D eigenvalue weighted by Gasteiger charge is -2.40. The van der Waals surface area contributed by atoms with Gasteiger partial charge in [0, 0.05) is 32.2 Å². The summed E-state index contributed by atoms with van der Waals surface area (Å²) in [5.41, 5.74) is 8.91. The predicted octanol–water partition coefficient (Wildman–Crippen LogP) is 1.96. The van der Waals surface area contributed by atoms with Gasteiger partial charge < -0.3 is 20.5 Å². The van der Waals surface area contributed by atoms with Crippen LogP contribution in [0.15, 0.2) is 36.7 Å². The molecule has 30 heavy (non-hydrogen) atoms. The van der Waals surface area contributed by atoms with Gasteiger partial charge in [0.15, 0.2) is 17.0 Å². The van der Waals surface area contributed by atoms with Crippen molar-refractivity contribution >= 4 is 22.9 Å². The summed E-state index contributed by atoms with van der Waals surface area (Å²) >= 11 is 0. The molecular formula is C22H27N7O. The van der Waals surface area contributed by atoms with Gasteiger partial charge in [-0.3, -0.25) is 4.79 Å². The molecule has 1 amide bonds. The molecule has 2 fully saturated rings. The zero-order valence-corrected chi connectivity index (χ0v) is 17.2. The monoisotopic (exact) mass is 405 g/mol. The van der Waals surface area contributed by atoms with E-state index in [9.17, 15) is 4.79 Å². The van der Waals surface area contributed by atoms with Crippen LogP contribution in [0.4, 0.5) is 5.82 Å². The quantitative estimate of drug-likeness (QED) is 0.673. The van der Waals surface area contributed by atoms with Crippen LogP contribution in [0.5, 0.6) is 0 Å². The summed E-state index contributed by atoms with van der Waals surface area (Å²) in [5, 5.41) is 2.99. The molecule has 0 atom stereocenters. The molecule has 2 aromatic heterocycles. The van der Waals surface area contributed by atoms with E-state index in [1.165, 1.54) is 18.4 Å². The third-order valence-corrected chi connectivity index (χ3v) is 6.39. The number of imidazole rings is 1. The molecule has 0 spiro atoms. The first-order chi connectivity index (χ1) is 14.5. The minimum atomic E-state index is -0.331. The van der Waals surface area contributed by atoms with Crippen molar-refractivity contribution < 1.29 is 4.79 Å². The molecule has 3 aromatic rings. The number of carbonyl (C=O) groups is 1. The Kier molecular flexibility index (Phi) is 4.66. The maximum absolute atomic E-state index is 12.6.